The highest BCUT2D eigenvalue weighted by Crippen LogP contribution is 2.34. The van der Waals surface area contributed by atoms with E-state index in [1.807, 2.05) is 0 Å². The van der Waals surface area contributed by atoms with E-state index in [0.717, 1.165) is 0 Å². The molecule has 0 saturated carbocycles. The number of piperidine rings is 1. The zero-order valence-corrected chi connectivity index (χ0v) is 14.5. The maximum Gasteiger partial charge on any atom is 0.291 e. The molecule has 0 aliphatic carbocycles. The second-order valence-corrected chi connectivity index (χ2v) is 6.72. The summed E-state index contributed by atoms with van der Waals surface area (Å²) in [7, 11) is 0. The van der Waals surface area contributed by atoms with Crippen LogP contribution in [0.3, 0.4) is 0 Å². The van der Waals surface area contributed by atoms with Gasteiger partial charge in [0.2, 0.25) is 5.76 Å². The van der Waals surface area contributed by atoms with Crippen LogP contribution < -0.4 is 5.73 Å². The van der Waals surface area contributed by atoms with Crippen molar-refractivity contribution in [2.45, 2.75) is 31.9 Å². The molecule has 4 rings (SSSR count). The van der Waals surface area contributed by atoms with E-state index in [0.29, 0.717) is 29.8 Å². The Bertz CT molecular complexity index is 977. The van der Waals surface area contributed by atoms with Gasteiger partial charge in [0.15, 0.2) is 17.9 Å². The zero-order chi connectivity index (χ0) is 18.5. The third-order valence-electron chi connectivity index (χ3n) is 4.95. The van der Waals surface area contributed by atoms with Crippen molar-refractivity contribution in [3.63, 3.8) is 0 Å². The van der Waals surface area contributed by atoms with Crippen LogP contribution in [0.4, 0.5) is 5.82 Å². The van der Waals surface area contributed by atoms with E-state index in [9.17, 15) is 9.90 Å². The Hall–Kier alpha value is -3.01. The molecule has 0 aromatic carbocycles. The number of oxazole rings is 1. The van der Waals surface area contributed by atoms with E-state index in [1.165, 1.54) is 12.7 Å². The second-order valence-electron chi connectivity index (χ2n) is 6.72. The van der Waals surface area contributed by atoms with Crippen LogP contribution in [0.2, 0.25) is 0 Å². The Morgan fingerprint density at radius 2 is 2.19 bits per heavy atom. The number of amides is 1. The Labute approximate surface area is 148 Å². The second kappa shape index (κ2) is 5.77. The Morgan fingerprint density at radius 1 is 1.38 bits per heavy atom. The molecule has 0 bridgehead atoms. The molecule has 10 heteroatoms. The number of imidazole rings is 1. The first-order valence-corrected chi connectivity index (χ1v) is 8.23. The molecule has 2 atom stereocenters. The number of carbonyl (C=O) groups excluding carboxylic acids is 1. The van der Waals surface area contributed by atoms with Gasteiger partial charge in [-0.05, 0) is 20.3 Å². The minimum atomic E-state index is -1.04. The first kappa shape index (κ1) is 16.5. The number of nitrogens with two attached hydrogens (primary N) is 1. The average Bonchev–Trinajstić information content (AvgIpc) is 3.21. The van der Waals surface area contributed by atoms with Gasteiger partial charge in [0, 0.05) is 13.1 Å². The summed E-state index contributed by atoms with van der Waals surface area (Å²) in [6, 6.07) is -0.442. The third kappa shape index (κ3) is 2.49. The smallest absolute Gasteiger partial charge is 0.291 e. The lowest BCUT2D eigenvalue weighted by Gasteiger charge is -2.42. The maximum atomic E-state index is 12.8. The molecule has 1 amide bonds. The van der Waals surface area contributed by atoms with Gasteiger partial charge in [-0.2, -0.15) is 0 Å². The molecule has 3 aromatic heterocycles. The van der Waals surface area contributed by atoms with Crippen molar-refractivity contribution in [2.24, 2.45) is 0 Å². The quantitative estimate of drug-likeness (QED) is 0.678. The lowest BCUT2D eigenvalue weighted by atomic mass is 9.88. The summed E-state index contributed by atoms with van der Waals surface area (Å²) in [5.74, 6) is 0.237. The Morgan fingerprint density at radius 3 is 2.92 bits per heavy atom. The van der Waals surface area contributed by atoms with Gasteiger partial charge in [-0.25, -0.2) is 19.9 Å². The van der Waals surface area contributed by atoms with Gasteiger partial charge in [-0.3, -0.25) is 4.79 Å². The minimum Gasteiger partial charge on any atom is -0.438 e. The Kier molecular flexibility index (Phi) is 3.65. The van der Waals surface area contributed by atoms with Crippen LogP contribution in [-0.4, -0.2) is 59.1 Å². The predicted molar refractivity (Wildman–Crippen MR) is 91.2 cm³/mol. The third-order valence-corrected chi connectivity index (χ3v) is 4.95. The van der Waals surface area contributed by atoms with E-state index in [2.05, 4.69) is 19.9 Å². The number of anilines is 1. The highest BCUT2D eigenvalue weighted by Gasteiger charge is 2.42. The van der Waals surface area contributed by atoms with Crippen molar-refractivity contribution in [3.05, 3.63) is 30.5 Å². The summed E-state index contributed by atoms with van der Waals surface area (Å²) in [6.45, 7) is 4.15. The molecule has 4 heterocycles. The van der Waals surface area contributed by atoms with Crippen molar-refractivity contribution in [1.82, 2.24) is 29.4 Å². The summed E-state index contributed by atoms with van der Waals surface area (Å²) in [6.07, 6.45) is 4.58. The number of nitrogens with zero attached hydrogens (tertiary/aromatic N) is 6. The predicted octanol–water partition coefficient (Wildman–Crippen LogP) is 0.543. The number of fused-ring (bicyclic) bond motifs is 1. The van der Waals surface area contributed by atoms with Crippen molar-refractivity contribution in [3.8, 4) is 0 Å². The van der Waals surface area contributed by atoms with Crippen LogP contribution >= 0.6 is 0 Å². The fourth-order valence-corrected chi connectivity index (χ4v) is 3.35. The molecule has 26 heavy (non-hydrogen) atoms. The number of rotatable bonds is 2. The van der Waals surface area contributed by atoms with Gasteiger partial charge in [-0.15, -0.1) is 0 Å². The number of aromatic nitrogens is 5. The largest absolute Gasteiger partial charge is 0.438 e. The lowest BCUT2D eigenvalue weighted by Crippen LogP contribution is -2.52. The summed E-state index contributed by atoms with van der Waals surface area (Å²) in [4.78, 5) is 30.8. The van der Waals surface area contributed by atoms with Crippen LogP contribution in [-0.2, 0) is 0 Å². The lowest BCUT2D eigenvalue weighted by molar-refractivity contribution is -0.0438. The van der Waals surface area contributed by atoms with Crippen LogP contribution in [0.5, 0.6) is 0 Å². The number of hydrogen-bond donors (Lipinski definition) is 2. The van der Waals surface area contributed by atoms with Gasteiger partial charge >= 0.3 is 0 Å². The maximum absolute atomic E-state index is 12.8. The van der Waals surface area contributed by atoms with Gasteiger partial charge in [-0.1, -0.05) is 0 Å². The first-order valence-electron chi connectivity index (χ1n) is 8.23. The van der Waals surface area contributed by atoms with Crippen LogP contribution in [0.25, 0.3) is 11.2 Å². The molecule has 1 aliphatic rings. The number of hydrogen-bond acceptors (Lipinski definition) is 8. The molecule has 0 spiro atoms. The molecule has 3 aromatic rings. The van der Waals surface area contributed by atoms with E-state index < -0.39 is 11.6 Å². The molecule has 10 nitrogen and oxygen atoms in total. The number of nitrogen functional groups attached to an aromatic ring is 1. The molecule has 3 N–H and O–H groups in total. The normalized spacial score (nSPS) is 23.5. The summed E-state index contributed by atoms with van der Waals surface area (Å²) >= 11 is 0. The van der Waals surface area contributed by atoms with E-state index in [1.54, 1.807) is 29.6 Å². The van der Waals surface area contributed by atoms with Gasteiger partial charge in [0.1, 0.15) is 11.8 Å². The summed E-state index contributed by atoms with van der Waals surface area (Å²) < 4.78 is 6.97. The highest BCUT2D eigenvalue weighted by atomic mass is 16.3. The number of aliphatic hydroxyl groups is 1. The fraction of sp³-hybridized carbons (Fsp3) is 0.438. The summed E-state index contributed by atoms with van der Waals surface area (Å²) in [5, 5.41) is 10.9. The van der Waals surface area contributed by atoms with E-state index in [4.69, 9.17) is 10.2 Å². The molecular weight excluding hydrogens is 338 g/mol. The van der Waals surface area contributed by atoms with Gasteiger partial charge in [0.05, 0.1) is 23.7 Å². The molecule has 136 valence electrons. The topological polar surface area (TPSA) is 136 Å². The average molecular weight is 357 g/mol. The van der Waals surface area contributed by atoms with Crippen molar-refractivity contribution in [1.29, 1.82) is 0 Å². The first-order chi connectivity index (χ1) is 12.4. The standard InChI is InChI=1S/C16H19N7O3/c1-9-12(26-8-21-9)15(24)22-4-3-16(2,25)10(5-22)23-7-20-11-13(17)18-6-19-14(11)23/h6-8,10,25H,3-5H2,1-2H3,(H2,17,18,19)/t10-,16-/m1/s1. The van der Waals surface area contributed by atoms with Gasteiger partial charge in [0.25, 0.3) is 5.91 Å². The van der Waals surface area contributed by atoms with Crippen molar-refractivity contribution >= 4 is 22.9 Å². The molecular formula is C16H19N7O3. The SMILES string of the molecule is Cc1ncoc1C(=O)N1CC[C@@](C)(O)[C@H](n2cnc3c(N)ncnc32)C1. The number of aryl methyl sites for hydroxylation is 1. The van der Waals surface area contributed by atoms with E-state index >= 15 is 0 Å². The molecule has 0 radical (unpaired) electrons. The molecule has 1 aliphatic heterocycles. The van der Waals surface area contributed by atoms with Gasteiger partial charge < -0.3 is 24.7 Å². The van der Waals surface area contributed by atoms with Crippen LogP contribution in [0.15, 0.2) is 23.5 Å². The van der Waals surface area contributed by atoms with E-state index in [-0.39, 0.29) is 24.0 Å². The molecule has 1 saturated heterocycles. The minimum absolute atomic E-state index is 0.215. The number of likely N-dealkylation sites (tertiary alicyclic amines) is 1. The molecule has 1 fully saturated rings. The number of carbonyl (C=O) groups is 1. The fourth-order valence-electron chi connectivity index (χ4n) is 3.35. The highest BCUT2D eigenvalue weighted by molar-refractivity contribution is 5.92. The monoisotopic (exact) mass is 357 g/mol. The molecule has 0 unspecified atom stereocenters. The van der Waals surface area contributed by atoms with Crippen molar-refractivity contribution < 1.29 is 14.3 Å². The van der Waals surface area contributed by atoms with Crippen molar-refractivity contribution in [2.75, 3.05) is 18.8 Å². The summed E-state index contributed by atoms with van der Waals surface area (Å²) in [5.41, 5.74) is 6.34. The van der Waals surface area contributed by atoms with Crippen LogP contribution in [0, 0.1) is 6.92 Å². The zero-order valence-electron chi connectivity index (χ0n) is 14.5. The van der Waals surface area contributed by atoms with Crippen LogP contribution in [0.1, 0.15) is 35.6 Å². The Balaban J connectivity index is 1.70.